The Hall–Kier alpha value is -1.62. The molecule has 0 aliphatic rings. The first-order chi connectivity index (χ1) is 8.81. The number of hydrogen-bond donors (Lipinski definition) is 1. The van der Waals surface area contributed by atoms with Crippen LogP contribution in [0.1, 0.15) is 40.9 Å². The summed E-state index contributed by atoms with van der Waals surface area (Å²) in [7, 11) is 0. The summed E-state index contributed by atoms with van der Waals surface area (Å²) in [6, 6.07) is 1.85. The number of carbonyl (C=O) groups is 2. The van der Waals surface area contributed by atoms with Gasteiger partial charge in [-0.25, -0.2) is 4.79 Å². The van der Waals surface area contributed by atoms with Crippen molar-refractivity contribution in [1.29, 1.82) is 0 Å². The van der Waals surface area contributed by atoms with Crippen molar-refractivity contribution in [3.8, 4) is 0 Å². The number of nitrogens with one attached hydrogen (secondary N) is 1. The Morgan fingerprint density at radius 2 is 2.16 bits per heavy atom. The number of rotatable bonds is 4. The summed E-state index contributed by atoms with van der Waals surface area (Å²) < 4.78 is 5.11. The van der Waals surface area contributed by atoms with Gasteiger partial charge in [0.15, 0.2) is 6.29 Å². The van der Waals surface area contributed by atoms with Gasteiger partial charge in [-0.05, 0) is 45.4 Å². The second-order valence-electron chi connectivity index (χ2n) is 5.10. The molecular weight excluding hydrogens is 262 g/mol. The van der Waals surface area contributed by atoms with Crippen molar-refractivity contribution in [2.75, 3.05) is 6.54 Å². The van der Waals surface area contributed by atoms with E-state index in [0.717, 1.165) is 16.7 Å². The number of alkyl carbamates (subject to hydrolysis) is 1. The highest BCUT2D eigenvalue weighted by Crippen LogP contribution is 2.21. The molecule has 0 saturated carbocycles. The van der Waals surface area contributed by atoms with E-state index < -0.39 is 11.7 Å². The molecule has 0 radical (unpaired) electrons. The monoisotopic (exact) mass is 281 g/mol. The van der Waals surface area contributed by atoms with E-state index in [1.165, 1.54) is 11.3 Å². The van der Waals surface area contributed by atoms with Crippen LogP contribution in [-0.2, 0) is 4.74 Å². The molecule has 1 heterocycles. The van der Waals surface area contributed by atoms with Gasteiger partial charge in [0.25, 0.3) is 0 Å². The lowest BCUT2D eigenvalue weighted by molar-refractivity contribution is 0.0534. The van der Waals surface area contributed by atoms with E-state index in [0.29, 0.717) is 11.4 Å². The predicted molar refractivity (Wildman–Crippen MR) is 77.7 cm³/mol. The maximum atomic E-state index is 11.4. The molecule has 0 saturated heterocycles. The molecule has 0 atom stereocenters. The second-order valence-corrected chi connectivity index (χ2v) is 6.21. The van der Waals surface area contributed by atoms with Crippen molar-refractivity contribution < 1.29 is 14.3 Å². The summed E-state index contributed by atoms with van der Waals surface area (Å²) in [5.74, 6) is 0. The smallest absolute Gasteiger partial charge is 0.407 e. The highest BCUT2D eigenvalue weighted by molar-refractivity contribution is 7.14. The summed E-state index contributed by atoms with van der Waals surface area (Å²) in [6.45, 7) is 7.79. The van der Waals surface area contributed by atoms with Crippen LogP contribution >= 0.6 is 11.3 Å². The van der Waals surface area contributed by atoms with Crippen LogP contribution in [0, 0.1) is 6.92 Å². The topological polar surface area (TPSA) is 55.4 Å². The van der Waals surface area contributed by atoms with Crippen LogP contribution in [0.15, 0.2) is 12.1 Å². The summed E-state index contributed by atoms with van der Waals surface area (Å²) in [6.07, 6.45) is 4.13. The van der Waals surface area contributed by atoms with Crippen molar-refractivity contribution in [2.45, 2.75) is 33.3 Å². The molecule has 0 fully saturated rings. The lowest BCUT2D eigenvalue weighted by Crippen LogP contribution is -2.32. The Bertz CT molecular complexity index is 483. The van der Waals surface area contributed by atoms with Gasteiger partial charge in [0, 0.05) is 11.4 Å². The summed E-state index contributed by atoms with van der Waals surface area (Å²) in [4.78, 5) is 23.7. The van der Waals surface area contributed by atoms with Crippen LogP contribution in [0.4, 0.5) is 4.79 Å². The molecule has 0 unspecified atom stereocenters. The van der Waals surface area contributed by atoms with Crippen molar-refractivity contribution in [3.05, 3.63) is 27.5 Å². The quantitative estimate of drug-likeness (QED) is 0.860. The normalized spacial score (nSPS) is 11.6. The highest BCUT2D eigenvalue weighted by atomic mass is 32.1. The maximum absolute atomic E-state index is 11.4. The third-order valence-electron chi connectivity index (χ3n) is 2.12. The van der Waals surface area contributed by atoms with Crippen LogP contribution in [-0.4, -0.2) is 24.5 Å². The number of aldehydes is 1. The molecular formula is C14H19NO3S. The van der Waals surface area contributed by atoms with Crippen molar-refractivity contribution in [1.82, 2.24) is 5.32 Å². The van der Waals surface area contributed by atoms with Gasteiger partial charge < -0.3 is 10.1 Å². The highest BCUT2D eigenvalue weighted by Gasteiger charge is 2.14. The number of ether oxygens (including phenoxy) is 1. The van der Waals surface area contributed by atoms with Crippen LogP contribution in [0.5, 0.6) is 0 Å². The Morgan fingerprint density at radius 1 is 1.47 bits per heavy atom. The summed E-state index contributed by atoms with van der Waals surface area (Å²) in [5.41, 5.74) is 0.567. The maximum Gasteiger partial charge on any atom is 0.407 e. The van der Waals surface area contributed by atoms with E-state index in [2.05, 4.69) is 5.32 Å². The minimum absolute atomic E-state index is 0.392. The third kappa shape index (κ3) is 5.70. The van der Waals surface area contributed by atoms with Gasteiger partial charge in [0.1, 0.15) is 5.60 Å². The molecule has 4 nitrogen and oxygen atoms in total. The lowest BCUT2D eigenvalue weighted by atomic mass is 10.2. The minimum atomic E-state index is -0.489. The zero-order valence-electron chi connectivity index (χ0n) is 11.6. The minimum Gasteiger partial charge on any atom is -0.444 e. The summed E-state index contributed by atoms with van der Waals surface area (Å²) in [5, 5.41) is 2.64. The molecule has 19 heavy (non-hydrogen) atoms. The Kier molecular flexibility index (Phi) is 5.30. The predicted octanol–water partition coefficient (Wildman–Crippen LogP) is 3.41. The zero-order chi connectivity index (χ0) is 14.5. The van der Waals surface area contributed by atoms with Gasteiger partial charge >= 0.3 is 6.09 Å². The van der Waals surface area contributed by atoms with Crippen molar-refractivity contribution >= 4 is 29.8 Å². The Morgan fingerprint density at radius 3 is 2.68 bits per heavy atom. The molecule has 0 aliphatic heterocycles. The molecule has 1 aromatic heterocycles. The van der Waals surface area contributed by atoms with Crippen LogP contribution in [0.3, 0.4) is 0 Å². The Labute approximate surface area is 117 Å². The van der Waals surface area contributed by atoms with Crippen LogP contribution < -0.4 is 5.32 Å². The third-order valence-corrected chi connectivity index (χ3v) is 3.25. The molecule has 1 N–H and O–H groups in total. The number of amides is 1. The molecule has 1 amide bonds. The average Bonchev–Trinajstić information content (AvgIpc) is 2.63. The van der Waals surface area contributed by atoms with Gasteiger partial charge in [-0.15, -0.1) is 11.3 Å². The van der Waals surface area contributed by atoms with Crippen molar-refractivity contribution in [3.63, 3.8) is 0 Å². The van der Waals surface area contributed by atoms with Crippen molar-refractivity contribution in [2.24, 2.45) is 0 Å². The number of aryl methyl sites for hydroxylation is 1. The first-order valence-electron chi connectivity index (χ1n) is 6.01. The fourth-order valence-corrected chi connectivity index (χ4v) is 2.29. The average molecular weight is 281 g/mol. The number of hydrogen-bond acceptors (Lipinski definition) is 4. The molecule has 1 aromatic rings. The lowest BCUT2D eigenvalue weighted by Gasteiger charge is -2.19. The van der Waals surface area contributed by atoms with Gasteiger partial charge in [0.05, 0.1) is 4.88 Å². The fourth-order valence-electron chi connectivity index (χ4n) is 1.37. The molecule has 1 rings (SSSR count). The molecule has 0 spiro atoms. The largest absolute Gasteiger partial charge is 0.444 e. The Balaban J connectivity index is 2.44. The zero-order valence-corrected chi connectivity index (χ0v) is 12.5. The molecule has 5 heteroatoms. The van der Waals surface area contributed by atoms with Gasteiger partial charge in [-0.1, -0.05) is 6.08 Å². The van der Waals surface area contributed by atoms with E-state index in [1.54, 1.807) is 0 Å². The second kappa shape index (κ2) is 6.52. The van der Waals surface area contributed by atoms with E-state index in [1.807, 2.05) is 45.9 Å². The van der Waals surface area contributed by atoms with Gasteiger partial charge in [-0.2, -0.15) is 0 Å². The SMILES string of the molecule is Cc1cc(C=O)sc1C=CCNC(=O)OC(C)(C)C. The van der Waals surface area contributed by atoms with E-state index in [9.17, 15) is 9.59 Å². The first kappa shape index (κ1) is 15.4. The molecule has 104 valence electrons. The fraction of sp³-hybridized carbons (Fsp3) is 0.429. The first-order valence-corrected chi connectivity index (χ1v) is 6.82. The molecule has 0 aliphatic carbocycles. The van der Waals surface area contributed by atoms with Gasteiger partial charge in [0.2, 0.25) is 0 Å². The molecule has 0 bridgehead atoms. The molecule has 0 aromatic carbocycles. The number of thiophene rings is 1. The van der Waals surface area contributed by atoms with Gasteiger partial charge in [-0.3, -0.25) is 4.79 Å². The van der Waals surface area contributed by atoms with Crippen LogP contribution in [0.25, 0.3) is 6.08 Å². The van der Waals surface area contributed by atoms with E-state index in [4.69, 9.17) is 4.74 Å². The van der Waals surface area contributed by atoms with E-state index >= 15 is 0 Å². The number of carbonyl (C=O) groups excluding carboxylic acids is 2. The standard InChI is InChI=1S/C14H19NO3S/c1-10-8-11(9-16)19-12(10)6-5-7-15-13(17)18-14(2,3)4/h5-6,8-9H,7H2,1-4H3,(H,15,17). The summed E-state index contributed by atoms with van der Waals surface area (Å²) >= 11 is 1.43. The van der Waals surface area contributed by atoms with E-state index in [-0.39, 0.29) is 0 Å². The van der Waals surface area contributed by atoms with Crippen LogP contribution in [0.2, 0.25) is 0 Å².